The number of anilines is 1. The van der Waals surface area contributed by atoms with Gasteiger partial charge in [-0.1, -0.05) is 11.6 Å². The molecule has 0 aromatic carbocycles. The Kier molecular flexibility index (Phi) is 3.88. The van der Waals surface area contributed by atoms with Crippen molar-refractivity contribution in [3.63, 3.8) is 0 Å². The van der Waals surface area contributed by atoms with Crippen molar-refractivity contribution in [2.24, 2.45) is 0 Å². The predicted octanol–water partition coefficient (Wildman–Crippen LogP) is 1.85. The first-order valence-electron chi connectivity index (χ1n) is 5.28. The van der Waals surface area contributed by atoms with E-state index in [4.69, 9.17) is 16.3 Å². The maximum absolute atomic E-state index is 5.97. The van der Waals surface area contributed by atoms with Crippen molar-refractivity contribution in [3.8, 4) is 6.01 Å². The average molecular weight is 266 g/mol. The van der Waals surface area contributed by atoms with Crippen LogP contribution in [0.15, 0.2) is 18.5 Å². The number of ether oxygens (including phenoxy) is 1. The Hall–Kier alpha value is -1.95. The maximum atomic E-state index is 5.97. The summed E-state index contributed by atoms with van der Waals surface area (Å²) in [6.45, 7) is 2.34. The molecule has 2 heterocycles. The van der Waals surface area contributed by atoms with E-state index in [2.05, 4.69) is 25.3 Å². The van der Waals surface area contributed by atoms with Crippen LogP contribution in [-0.4, -0.2) is 27.0 Å². The van der Waals surface area contributed by atoms with Gasteiger partial charge < -0.3 is 10.1 Å². The Balaban J connectivity index is 2.10. The van der Waals surface area contributed by atoms with E-state index in [-0.39, 0.29) is 6.01 Å². The van der Waals surface area contributed by atoms with E-state index < -0.39 is 0 Å². The van der Waals surface area contributed by atoms with Crippen LogP contribution in [-0.2, 0) is 6.54 Å². The zero-order chi connectivity index (χ0) is 13.0. The third-order valence-electron chi connectivity index (χ3n) is 2.18. The number of hydrogen-bond acceptors (Lipinski definition) is 6. The quantitative estimate of drug-likeness (QED) is 0.910. The van der Waals surface area contributed by atoms with Gasteiger partial charge in [-0.3, -0.25) is 0 Å². The fourth-order valence-electron chi connectivity index (χ4n) is 1.35. The molecular weight excluding hydrogens is 254 g/mol. The molecule has 6 nitrogen and oxygen atoms in total. The number of methoxy groups -OCH3 is 1. The van der Waals surface area contributed by atoms with Gasteiger partial charge in [-0.05, 0) is 13.0 Å². The first-order chi connectivity index (χ1) is 8.69. The Labute approximate surface area is 109 Å². The second kappa shape index (κ2) is 5.59. The van der Waals surface area contributed by atoms with Gasteiger partial charge in [-0.15, -0.1) is 0 Å². The van der Waals surface area contributed by atoms with Gasteiger partial charge in [0.05, 0.1) is 25.5 Å². The van der Waals surface area contributed by atoms with E-state index in [0.29, 0.717) is 17.4 Å². The lowest BCUT2D eigenvalue weighted by Gasteiger charge is -2.07. The van der Waals surface area contributed by atoms with Gasteiger partial charge in [0.2, 0.25) is 0 Å². The third-order valence-corrected chi connectivity index (χ3v) is 2.45. The van der Waals surface area contributed by atoms with Crippen molar-refractivity contribution in [2.75, 3.05) is 12.4 Å². The molecule has 2 aromatic heterocycles. The number of nitrogens with zero attached hydrogens (tertiary/aromatic N) is 4. The van der Waals surface area contributed by atoms with Crippen LogP contribution in [0.25, 0.3) is 0 Å². The molecule has 0 amide bonds. The molecule has 0 saturated carbocycles. The van der Waals surface area contributed by atoms with Crippen molar-refractivity contribution >= 4 is 17.4 Å². The van der Waals surface area contributed by atoms with E-state index in [0.717, 1.165) is 11.5 Å². The predicted molar refractivity (Wildman–Crippen MR) is 67.7 cm³/mol. The topological polar surface area (TPSA) is 72.8 Å². The summed E-state index contributed by atoms with van der Waals surface area (Å²) in [4.78, 5) is 16.3. The van der Waals surface area contributed by atoms with Crippen LogP contribution in [0.3, 0.4) is 0 Å². The monoisotopic (exact) mass is 265 g/mol. The second-order valence-corrected chi connectivity index (χ2v) is 3.91. The number of halogens is 1. The van der Waals surface area contributed by atoms with Crippen molar-refractivity contribution < 1.29 is 4.74 Å². The molecule has 0 spiro atoms. The first-order valence-corrected chi connectivity index (χ1v) is 5.66. The molecule has 1 N–H and O–H groups in total. The van der Waals surface area contributed by atoms with E-state index >= 15 is 0 Å². The van der Waals surface area contributed by atoms with Crippen LogP contribution >= 0.6 is 11.6 Å². The van der Waals surface area contributed by atoms with Crippen molar-refractivity contribution in [3.05, 3.63) is 35.0 Å². The van der Waals surface area contributed by atoms with E-state index in [1.54, 1.807) is 6.20 Å². The molecule has 18 heavy (non-hydrogen) atoms. The highest BCUT2D eigenvalue weighted by atomic mass is 35.5. The molecule has 0 aliphatic carbocycles. The minimum absolute atomic E-state index is 0.265. The number of rotatable bonds is 4. The number of aromatic nitrogens is 4. The molecular formula is C11H12ClN5O. The molecule has 0 aliphatic heterocycles. The number of hydrogen-bond donors (Lipinski definition) is 1. The SMILES string of the molecule is COc1ncc(Cl)c(NCc2ccnc(C)n2)n1. The fraction of sp³-hybridized carbons (Fsp3) is 0.273. The highest BCUT2D eigenvalue weighted by molar-refractivity contribution is 6.32. The van der Waals surface area contributed by atoms with Gasteiger partial charge >= 0.3 is 6.01 Å². The number of nitrogens with one attached hydrogen (secondary N) is 1. The van der Waals surface area contributed by atoms with Crippen molar-refractivity contribution in [2.45, 2.75) is 13.5 Å². The van der Waals surface area contributed by atoms with E-state index in [1.165, 1.54) is 13.3 Å². The van der Waals surface area contributed by atoms with Crippen LogP contribution in [0.1, 0.15) is 11.5 Å². The standard InChI is InChI=1S/C11H12ClN5O/c1-7-13-4-3-8(16-7)5-14-10-9(12)6-15-11(17-10)18-2/h3-4,6H,5H2,1-2H3,(H,14,15,17). The molecule has 0 bridgehead atoms. The lowest BCUT2D eigenvalue weighted by atomic mass is 10.4. The van der Waals surface area contributed by atoms with Crippen molar-refractivity contribution in [1.82, 2.24) is 19.9 Å². The molecule has 0 saturated heterocycles. The summed E-state index contributed by atoms with van der Waals surface area (Å²) in [7, 11) is 1.50. The minimum Gasteiger partial charge on any atom is -0.467 e. The fourth-order valence-corrected chi connectivity index (χ4v) is 1.51. The third kappa shape index (κ3) is 3.04. The Morgan fingerprint density at radius 1 is 1.33 bits per heavy atom. The molecule has 0 unspecified atom stereocenters. The summed E-state index contributed by atoms with van der Waals surface area (Å²) >= 11 is 5.97. The molecule has 0 fully saturated rings. The van der Waals surface area contributed by atoms with Crippen LogP contribution in [0.4, 0.5) is 5.82 Å². The van der Waals surface area contributed by atoms with Gasteiger partial charge in [0.25, 0.3) is 0 Å². The first kappa shape index (κ1) is 12.5. The van der Waals surface area contributed by atoms with Gasteiger partial charge in [-0.25, -0.2) is 15.0 Å². The largest absolute Gasteiger partial charge is 0.467 e. The van der Waals surface area contributed by atoms with E-state index in [1.807, 2.05) is 13.0 Å². The van der Waals surface area contributed by atoms with E-state index in [9.17, 15) is 0 Å². The summed E-state index contributed by atoms with van der Waals surface area (Å²) in [5, 5.41) is 3.51. The van der Waals surface area contributed by atoms with Crippen LogP contribution < -0.4 is 10.1 Å². The van der Waals surface area contributed by atoms with Gasteiger partial charge in [0.1, 0.15) is 10.8 Å². The molecule has 2 rings (SSSR count). The summed E-state index contributed by atoms with van der Waals surface area (Å²) in [6, 6.07) is 2.09. The molecule has 0 radical (unpaired) electrons. The highest BCUT2D eigenvalue weighted by Gasteiger charge is 2.05. The smallest absolute Gasteiger partial charge is 0.318 e. The van der Waals surface area contributed by atoms with Gasteiger partial charge in [-0.2, -0.15) is 4.98 Å². The average Bonchev–Trinajstić information content (AvgIpc) is 2.38. The van der Waals surface area contributed by atoms with Gasteiger partial charge in [0, 0.05) is 6.20 Å². The zero-order valence-corrected chi connectivity index (χ0v) is 10.8. The summed E-state index contributed by atoms with van der Waals surface area (Å²) < 4.78 is 4.93. The molecule has 0 atom stereocenters. The molecule has 0 aliphatic rings. The molecule has 2 aromatic rings. The minimum atomic E-state index is 0.265. The summed E-state index contributed by atoms with van der Waals surface area (Å²) in [5.74, 6) is 1.24. The van der Waals surface area contributed by atoms with Crippen LogP contribution in [0.5, 0.6) is 6.01 Å². The Morgan fingerprint density at radius 3 is 2.89 bits per heavy atom. The second-order valence-electron chi connectivity index (χ2n) is 3.50. The highest BCUT2D eigenvalue weighted by Crippen LogP contribution is 2.20. The van der Waals surface area contributed by atoms with Gasteiger partial charge in [0.15, 0.2) is 5.82 Å². The lowest BCUT2D eigenvalue weighted by Crippen LogP contribution is -2.06. The van der Waals surface area contributed by atoms with Crippen LogP contribution in [0.2, 0.25) is 5.02 Å². The van der Waals surface area contributed by atoms with Crippen LogP contribution in [0, 0.1) is 6.92 Å². The van der Waals surface area contributed by atoms with Crippen molar-refractivity contribution in [1.29, 1.82) is 0 Å². The molecule has 7 heteroatoms. The Morgan fingerprint density at radius 2 is 2.17 bits per heavy atom. The zero-order valence-electron chi connectivity index (χ0n) is 10.0. The number of aryl methyl sites for hydroxylation is 1. The maximum Gasteiger partial charge on any atom is 0.318 e. The molecule has 94 valence electrons. The normalized spacial score (nSPS) is 10.2. The summed E-state index contributed by atoms with van der Waals surface area (Å²) in [6.07, 6.45) is 3.20. The lowest BCUT2D eigenvalue weighted by molar-refractivity contribution is 0.380. The Bertz CT molecular complexity index is 549. The summed E-state index contributed by atoms with van der Waals surface area (Å²) in [5.41, 5.74) is 0.858.